The van der Waals surface area contributed by atoms with Crippen LogP contribution in [-0.4, -0.2) is 22.7 Å². The van der Waals surface area contributed by atoms with Crippen molar-refractivity contribution in [1.82, 2.24) is 5.06 Å². The molecular weight excluding hydrogens is 276 g/mol. The second-order valence-electron chi connectivity index (χ2n) is 4.77. The Bertz CT molecular complexity index is 889. The molecule has 1 aliphatic carbocycles. The summed E-state index contributed by atoms with van der Waals surface area (Å²) in [7, 11) is 0. The van der Waals surface area contributed by atoms with Crippen molar-refractivity contribution in [2.45, 2.75) is 0 Å². The Morgan fingerprint density at radius 2 is 1.90 bits per heavy atom. The molecule has 2 aromatic carbocycles. The second-order valence-corrected chi connectivity index (χ2v) is 5.18. The Hall–Kier alpha value is -2.17. The monoisotopic (exact) mass is 284 g/mol. The van der Waals surface area contributed by atoms with Gasteiger partial charge in [0.25, 0.3) is 5.91 Å². The molecule has 0 radical (unpaired) electrons. The van der Waals surface area contributed by atoms with E-state index in [0.717, 1.165) is 27.0 Å². The van der Waals surface area contributed by atoms with Gasteiger partial charge in [-0.25, -0.2) is 10.1 Å². The van der Waals surface area contributed by atoms with Crippen LogP contribution in [0.2, 0.25) is 5.02 Å². The maximum atomic E-state index is 11.7. The smallest absolute Gasteiger partial charge is 0.268 e. The molecule has 2 aromatic rings. The third kappa shape index (κ3) is 1.40. The van der Waals surface area contributed by atoms with Crippen molar-refractivity contribution >= 4 is 23.2 Å². The average molecular weight is 285 g/mol. The molecule has 0 fully saturated rings. The van der Waals surface area contributed by atoms with Crippen molar-refractivity contribution in [3.05, 3.63) is 57.6 Å². The van der Waals surface area contributed by atoms with Crippen LogP contribution in [0.3, 0.4) is 0 Å². The normalized spacial score (nSPS) is 15.6. The maximum absolute atomic E-state index is 11.7. The first-order valence-electron chi connectivity index (χ1n) is 6.17. The van der Waals surface area contributed by atoms with Crippen LogP contribution in [0.5, 0.6) is 0 Å². The minimum atomic E-state index is -0.378. The fourth-order valence-corrected chi connectivity index (χ4v) is 3.11. The largest absolute Gasteiger partial charge is 0.288 e. The lowest BCUT2D eigenvalue weighted by atomic mass is 10.0. The summed E-state index contributed by atoms with van der Waals surface area (Å²) in [6.07, 6.45) is 0. The second kappa shape index (κ2) is 3.91. The van der Waals surface area contributed by atoms with Gasteiger partial charge in [-0.2, -0.15) is 0 Å². The van der Waals surface area contributed by atoms with Gasteiger partial charge in [-0.3, -0.25) is 10.0 Å². The van der Waals surface area contributed by atoms with Crippen molar-refractivity contribution in [2.24, 2.45) is 4.99 Å². The fraction of sp³-hybridized carbons (Fsp3) is 0.0667. The van der Waals surface area contributed by atoms with E-state index in [2.05, 4.69) is 4.99 Å². The molecule has 0 saturated carbocycles. The van der Waals surface area contributed by atoms with E-state index in [1.807, 2.05) is 24.3 Å². The summed E-state index contributed by atoms with van der Waals surface area (Å²) >= 11 is 6.31. The minimum Gasteiger partial charge on any atom is -0.288 e. The minimum absolute atomic E-state index is 0.157. The van der Waals surface area contributed by atoms with Gasteiger partial charge in [0.05, 0.1) is 11.1 Å². The summed E-state index contributed by atoms with van der Waals surface area (Å²) in [4.78, 5) is 15.8. The Morgan fingerprint density at radius 3 is 2.70 bits per heavy atom. The quantitative estimate of drug-likeness (QED) is 0.794. The molecule has 0 bridgehead atoms. The van der Waals surface area contributed by atoms with Gasteiger partial charge in [-0.05, 0) is 17.7 Å². The highest BCUT2D eigenvalue weighted by Crippen LogP contribution is 2.36. The molecule has 98 valence electrons. The van der Waals surface area contributed by atoms with Crippen LogP contribution >= 0.6 is 11.6 Å². The van der Waals surface area contributed by atoms with E-state index in [-0.39, 0.29) is 12.5 Å². The number of rotatable bonds is 0. The molecule has 4 nitrogen and oxygen atoms in total. The summed E-state index contributed by atoms with van der Waals surface area (Å²) < 4.78 is 0. The van der Waals surface area contributed by atoms with Gasteiger partial charge in [0.1, 0.15) is 6.54 Å². The van der Waals surface area contributed by atoms with E-state index in [1.165, 1.54) is 0 Å². The summed E-state index contributed by atoms with van der Waals surface area (Å²) in [6.45, 7) is -0.157. The molecule has 0 atom stereocenters. The standard InChI is InChI=1S/C15H9ClN2O2/c16-10-5-6-11-14-13(10)8-3-1-2-4-9(8)15(14)18(20)7-12(19)17-11/h1-6,20H,7H2. The number of fused-ring (bicyclic) bond motifs is 3. The van der Waals surface area contributed by atoms with Crippen LogP contribution in [0.25, 0.3) is 16.8 Å². The van der Waals surface area contributed by atoms with E-state index >= 15 is 0 Å². The van der Waals surface area contributed by atoms with Crippen LogP contribution < -0.4 is 10.6 Å². The van der Waals surface area contributed by atoms with Crippen LogP contribution in [0.4, 0.5) is 0 Å². The summed E-state index contributed by atoms with van der Waals surface area (Å²) in [5.74, 6) is -0.378. The lowest BCUT2D eigenvalue weighted by Crippen LogP contribution is -2.30. The predicted molar refractivity (Wildman–Crippen MR) is 73.7 cm³/mol. The molecule has 0 saturated heterocycles. The topological polar surface area (TPSA) is 52.9 Å². The zero-order valence-corrected chi connectivity index (χ0v) is 11.1. The Labute approximate surface area is 119 Å². The number of carbonyl (C=O) groups excluding carboxylic acids is 1. The average Bonchev–Trinajstić information content (AvgIpc) is 2.71. The molecule has 1 amide bonds. The van der Waals surface area contributed by atoms with Crippen molar-refractivity contribution in [3.8, 4) is 11.1 Å². The third-order valence-corrected chi connectivity index (χ3v) is 3.92. The Kier molecular flexibility index (Phi) is 2.28. The van der Waals surface area contributed by atoms with Crippen molar-refractivity contribution in [3.63, 3.8) is 0 Å². The van der Waals surface area contributed by atoms with Gasteiger partial charge in [0.2, 0.25) is 0 Å². The predicted octanol–water partition coefficient (Wildman–Crippen LogP) is 1.33. The van der Waals surface area contributed by atoms with Crippen LogP contribution in [-0.2, 0) is 4.79 Å². The Morgan fingerprint density at radius 1 is 1.15 bits per heavy atom. The van der Waals surface area contributed by atoms with E-state index in [1.54, 1.807) is 12.1 Å². The molecule has 0 aromatic heterocycles. The number of halogens is 1. The van der Waals surface area contributed by atoms with Gasteiger partial charge < -0.3 is 0 Å². The fourth-order valence-electron chi connectivity index (χ4n) is 2.85. The first-order valence-corrected chi connectivity index (χ1v) is 6.55. The zero-order valence-electron chi connectivity index (χ0n) is 10.3. The SMILES string of the molecule is O=C1CN(O)C2=c3c(c(Cl)ccc3=N1)-c1ccccc12. The van der Waals surface area contributed by atoms with E-state index in [0.29, 0.717) is 16.1 Å². The lowest BCUT2D eigenvalue weighted by molar-refractivity contribution is -0.125. The summed E-state index contributed by atoms with van der Waals surface area (Å²) in [5.41, 5.74) is 3.24. The highest BCUT2D eigenvalue weighted by atomic mass is 35.5. The molecule has 4 rings (SSSR count). The number of hydrogen-bond donors (Lipinski definition) is 1. The van der Waals surface area contributed by atoms with E-state index in [4.69, 9.17) is 11.6 Å². The highest BCUT2D eigenvalue weighted by Gasteiger charge is 2.28. The molecule has 1 heterocycles. The zero-order chi connectivity index (χ0) is 13.9. The summed E-state index contributed by atoms with van der Waals surface area (Å²) in [5, 5.41) is 13.0. The molecule has 1 aliphatic heterocycles. The first-order chi connectivity index (χ1) is 9.66. The number of amides is 1. The highest BCUT2D eigenvalue weighted by molar-refractivity contribution is 6.33. The van der Waals surface area contributed by atoms with Gasteiger partial charge in [-0.1, -0.05) is 35.9 Å². The molecule has 20 heavy (non-hydrogen) atoms. The van der Waals surface area contributed by atoms with Crippen molar-refractivity contribution in [2.75, 3.05) is 6.54 Å². The molecule has 0 unspecified atom stereocenters. The summed E-state index contributed by atoms with van der Waals surface area (Å²) in [6, 6.07) is 11.1. The van der Waals surface area contributed by atoms with Crippen molar-refractivity contribution < 1.29 is 10.0 Å². The third-order valence-electron chi connectivity index (χ3n) is 3.61. The van der Waals surface area contributed by atoms with Gasteiger partial charge in [-0.15, -0.1) is 0 Å². The number of hydroxylamine groups is 2. The number of carbonyl (C=O) groups is 1. The number of nitrogens with zero attached hydrogens (tertiary/aromatic N) is 2. The van der Waals surface area contributed by atoms with E-state index < -0.39 is 0 Å². The number of benzene rings is 2. The molecular formula is C15H9ClN2O2. The molecule has 0 spiro atoms. The molecule has 5 heteroatoms. The van der Waals surface area contributed by atoms with Crippen molar-refractivity contribution in [1.29, 1.82) is 0 Å². The molecule has 1 N–H and O–H groups in total. The van der Waals surface area contributed by atoms with Crippen LogP contribution in [0.15, 0.2) is 41.4 Å². The van der Waals surface area contributed by atoms with Crippen LogP contribution in [0.1, 0.15) is 5.56 Å². The van der Waals surface area contributed by atoms with E-state index in [9.17, 15) is 10.0 Å². The lowest BCUT2D eigenvalue weighted by Gasteiger charge is -2.16. The van der Waals surface area contributed by atoms with Gasteiger partial charge >= 0.3 is 0 Å². The first kappa shape index (κ1) is 11.6. The molecule has 2 aliphatic rings. The van der Waals surface area contributed by atoms with Gasteiger partial charge in [0.15, 0.2) is 0 Å². The Balaban J connectivity index is 2.29. The maximum Gasteiger partial charge on any atom is 0.268 e. The van der Waals surface area contributed by atoms with Gasteiger partial charge in [0, 0.05) is 21.4 Å². The number of hydrogen-bond acceptors (Lipinski definition) is 3. The van der Waals surface area contributed by atoms with Crippen LogP contribution in [0, 0.1) is 0 Å².